The summed E-state index contributed by atoms with van der Waals surface area (Å²) < 4.78 is 40.4. The molecule has 2 aromatic rings. The van der Waals surface area contributed by atoms with Crippen LogP contribution in [-0.4, -0.2) is 14.8 Å². The molecule has 0 atom stereocenters. The van der Waals surface area contributed by atoms with Crippen LogP contribution in [0.3, 0.4) is 0 Å². The van der Waals surface area contributed by atoms with Crippen molar-refractivity contribution in [3.63, 3.8) is 0 Å². The number of alkyl halides is 3. The fraction of sp³-hybridized carbons (Fsp3) is 0.385. The van der Waals surface area contributed by atoms with Crippen molar-refractivity contribution in [2.45, 2.75) is 32.6 Å². The van der Waals surface area contributed by atoms with Crippen molar-refractivity contribution in [1.82, 2.24) is 14.8 Å². The summed E-state index contributed by atoms with van der Waals surface area (Å²) >= 11 is 3.09. The molecule has 0 radical (unpaired) electrons. The summed E-state index contributed by atoms with van der Waals surface area (Å²) in [7, 11) is 0. The van der Waals surface area contributed by atoms with Gasteiger partial charge in [0.15, 0.2) is 0 Å². The molecule has 0 aliphatic rings. The van der Waals surface area contributed by atoms with E-state index in [4.69, 9.17) is 0 Å². The van der Waals surface area contributed by atoms with Crippen LogP contribution in [-0.2, 0) is 12.7 Å². The topological polar surface area (TPSA) is 42.7 Å². The Balaban J connectivity index is 2.17. The summed E-state index contributed by atoms with van der Waals surface area (Å²) in [5.41, 5.74) is -0.334. The average molecular weight is 363 g/mol. The first-order chi connectivity index (χ1) is 9.77. The predicted octanol–water partition coefficient (Wildman–Crippen LogP) is 4.25. The largest absolute Gasteiger partial charge is 0.416 e. The second-order valence-corrected chi connectivity index (χ2v) is 5.71. The highest BCUT2D eigenvalue weighted by molar-refractivity contribution is 9.10. The number of aromatic nitrogens is 3. The minimum absolute atomic E-state index is 0.137. The summed E-state index contributed by atoms with van der Waals surface area (Å²) in [5.74, 6) is 0.665. The van der Waals surface area contributed by atoms with Gasteiger partial charge in [0, 0.05) is 16.2 Å². The fourth-order valence-electron chi connectivity index (χ4n) is 1.87. The number of benzene rings is 1. The fourth-order valence-corrected chi connectivity index (χ4v) is 2.36. The van der Waals surface area contributed by atoms with Gasteiger partial charge in [-0.1, -0.05) is 15.9 Å². The lowest BCUT2D eigenvalue weighted by Gasteiger charge is -2.13. The van der Waals surface area contributed by atoms with Gasteiger partial charge in [-0.3, -0.25) is 0 Å². The number of rotatable bonds is 4. The molecule has 0 aliphatic heterocycles. The summed E-state index contributed by atoms with van der Waals surface area (Å²) in [6.45, 7) is 4.21. The van der Waals surface area contributed by atoms with E-state index in [0.717, 1.165) is 12.1 Å². The van der Waals surface area contributed by atoms with Gasteiger partial charge >= 0.3 is 6.18 Å². The monoisotopic (exact) mass is 362 g/mol. The lowest BCUT2D eigenvalue weighted by Crippen LogP contribution is -2.12. The smallest absolute Gasteiger partial charge is 0.378 e. The molecule has 0 aliphatic carbocycles. The maximum absolute atomic E-state index is 12.8. The van der Waals surface area contributed by atoms with Gasteiger partial charge in [0.05, 0.1) is 12.1 Å². The molecule has 0 bridgehead atoms. The number of halogens is 4. The first-order valence-electron chi connectivity index (χ1n) is 6.27. The maximum Gasteiger partial charge on any atom is 0.416 e. The van der Waals surface area contributed by atoms with Gasteiger partial charge in [-0.05, 0) is 32.0 Å². The van der Waals surface area contributed by atoms with Crippen LogP contribution in [0.1, 0.15) is 31.3 Å². The van der Waals surface area contributed by atoms with E-state index >= 15 is 0 Å². The molecule has 0 fully saturated rings. The number of hydrogen-bond acceptors (Lipinski definition) is 3. The highest BCUT2D eigenvalue weighted by Crippen LogP contribution is 2.33. The maximum atomic E-state index is 12.8. The van der Waals surface area contributed by atoms with Crippen LogP contribution in [0.4, 0.5) is 18.9 Å². The van der Waals surface area contributed by atoms with Crippen LogP contribution >= 0.6 is 15.9 Å². The first kappa shape index (κ1) is 15.8. The van der Waals surface area contributed by atoms with Crippen LogP contribution in [0.5, 0.6) is 0 Å². The minimum atomic E-state index is -4.38. The second-order valence-electron chi connectivity index (χ2n) is 4.79. The Kier molecular flexibility index (Phi) is 4.55. The zero-order chi connectivity index (χ0) is 15.6. The molecule has 0 amide bonds. The van der Waals surface area contributed by atoms with Crippen LogP contribution in [0.15, 0.2) is 29.0 Å². The average Bonchev–Trinajstić information content (AvgIpc) is 2.83. The van der Waals surface area contributed by atoms with Gasteiger partial charge in [0.1, 0.15) is 12.2 Å². The zero-order valence-electron chi connectivity index (χ0n) is 11.4. The van der Waals surface area contributed by atoms with Gasteiger partial charge in [0.25, 0.3) is 0 Å². The highest BCUT2D eigenvalue weighted by atomic mass is 79.9. The van der Waals surface area contributed by atoms with Crippen molar-refractivity contribution < 1.29 is 13.2 Å². The number of anilines is 1. The van der Waals surface area contributed by atoms with Crippen molar-refractivity contribution in [3.8, 4) is 0 Å². The molecule has 2 rings (SSSR count). The molecule has 4 nitrogen and oxygen atoms in total. The molecular weight excluding hydrogens is 349 g/mol. The Bertz CT molecular complexity index is 622. The number of hydrogen-bond donors (Lipinski definition) is 1. The van der Waals surface area contributed by atoms with Crippen molar-refractivity contribution in [3.05, 3.63) is 40.4 Å². The third-order valence-corrected chi connectivity index (χ3v) is 3.27. The molecule has 1 aromatic carbocycles. The molecular formula is C13H14BrF3N4. The molecule has 1 heterocycles. The van der Waals surface area contributed by atoms with Gasteiger partial charge in [-0.25, -0.2) is 9.67 Å². The van der Waals surface area contributed by atoms with Gasteiger partial charge in [0.2, 0.25) is 0 Å². The molecule has 21 heavy (non-hydrogen) atoms. The summed E-state index contributed by atoms with van der Waals surface area (Å²) in [4.78, 5) is 4.10. The minimum Gasteiger partial charge on any atom is -0.378 e. The quantitative estimate of drug-likeness (QED) is 0.883. The van der Waals surface area contributed by atoms with Crippen LogP contribution in [0.2, 0.25) is 0 Å². The van der Waals surface area contributed by atoms with Crippen LogP contribution in [0.25, 0.3) is 0 Å². The Morgan fingerprint density at radius 2 is 2.00 bits per heavy atom. The van der Waals surface area contributed by atoms with Gasteiger partial charge in [-0.15, -0.1) is 0 Å². The Labute approximate surface area is 128 Å². The molecule has 0 unspecified atom stereocenters. The standard InChI is InChI=1S/C13H14BrF3N4/c1-8(2)21-12(19-7-20-21)6-18-11-4-9(13(15,16)17)3-10(14)5-11/h3-5,7-8,18H,6H2,1-2H3. The summed E-state index contributed by atoms with van der Waals surface area (Å²) in [6.07, 6.45) is -2.95. The summed E-state index contributed by atoms with van der Waals surface area (Å²) in [6, 6.07) is 3.84. The van der Waals surface area contributed by atoms with Crippen LogP contribution < -0.4 is 5.32 Å². The van der Waals surface area contributed by atoms with E-state index in [1.165, 1.54) is 6.33 Å². The summed E-state index contributed by atoms with van der Waals surface area (Å²) in [5, 5.41) is 7.02. The lowest BCUT2D eigenvalue weighted by molar-refractivity contribution is -0.137. The number of nitrogens with one attached hydrogen (secondary N) is 1. The van der Waals surface area contributed by atoms with Gasteiger partial charge in [-0.2, -0.15) is 18.3 Å². The molecule has 0 saturated carbocycles. The molecule has 1 aromatic heterocycles. The third kappa shape index (κ3) is 3.96. The Morgan fingerprint density at radius 1 is 1.29 bits per heavy atom. The van der Waals surface area contributed by atoms with E-state index in [9.17, 15) is 13.2 Å². The molecule has 0 saturated heterocycles. The lowest BCUT2D eigenvalue weighted by atomic mass is 10.2. The molecule has 114 valence electrons. The first-order valence-corrected chi connectivity index (χ1v) is 7.06. The van der Waals surface area contributed by atoms with Crippen molar-refractivity contribution in [1.29, 1.82) is 0 Å². The Hall–Kier alpha value is -1.57. The van der Waals surface area contributed by atoms with E-state index in [-0.39, 0.29) is 6.04 Å². The number of nitrogens with zero attached hydrogens (tertiary/aromatic N) is 3. The molecule has 8 heteroatoms. The van der Waals surface area contributed by atoms with E-state index in [1.807, 2.05) is 13.8 Å². The van der Waals surface area contributed by atoms with Crippen LogP contribution in [0, 0.1) is 0 Å². The second kappa shape index (κ2) is 6.05. The van der Waals surface area contributed by atoms with E-state index in [0.29, 0.717) is 22.5 Å². The van der Waals surface area contributed by atoms with Crippen molar-refractivity contribution >= 4 is 21.6 Å². The van der Waals surface area contributed by atoms with Crippen molar-refractivity contribution in [2.24, 2.45) is 0 Å². The normalized spacial score (nSPS) is 12.0. The van der Waals surface area contributed by atoms with Gasteiger partial charge < -0.3 is 5.32 Å². The van der Waals surface area contributed by atoms with E-state index in [1.54, 1.807) is 10.7 Å². The molecule has 1 N–H and O–H groups in total. The SMILES string of the molecule is CC(C)n1ncnc1CNc1cc(Br)cc(C(F)(F)F)c1. The third-order valence-electron chi connectivity index (χ3n) is 2.81. The van der Waals surface area contributed by atoms with E-state index < -0.39 is 11.7 Å². The van der Waals surface area contributed by atoms with Crippen molar-refractivity contribution in [2.75, 3.05) is 5.32 Å². The van der Waals surface area contributed by atoms with E-state index in [2.05, 4.69) is 31.3 Å². The molecule has 0 spiro atoms. The predicted molar refractivity (Wildman–Crippen MR) is 76.9 cm³/mol. The highest BCUT2D eigenvalue weighted by Gasteiger charge is 2.31. The zero-order valence-corrected chi connectivity index (χ0v) is 13.0. The Morgan fingerprint density at radius 3 is 2.62 bits per heavy atom.